The Hall–Kier alpha value is -3.16. The lowest BCUT2D eigenvalue weighted by atomic mass is 9.97. The fourth-order valence-electron chi connectivity index (χ4n) is 3.65. The molecular weight excluding hydrogens is 344 g/mol. The van der Waals surface area contributed by atoms with Crippen molar-refractivity contribution in [1.29, 1.82) is 0 Å². The molecule has 0 saturated heterocycles. The van der Waals surface area contributed by atoms with Gasteiger partial charge in [-0.25, -0.2) is 0 Å². The molecule has 0 atom stereocenters. The van der Waals surface area contributed by atoms with Crippen LogP contribution in [0.3, 0.4) is 0 Å². The van der Waals surface area contributed by atoms with Crippen LogP contribution in [-0.4, -0.2) is 0 Å². The van der Waals surface area contributed by atoms with Gasteiger partial charge in [-0.2, -0.15) is 0 Å². The van der Waals surface area contributed by atoms with E-state index in [9.17, 15) is 0 Å². The Labute approximate surface area is 163 Å². The van der Waals surface area contributed by atoms with Crippen LogP contribution in [0.4, 0.5) is 0 Å². The summed E-state index contributed by atoms with van der Waals surface area (Å²) in [5, 5.41) is 2.65. The molecular formula is C26H18S. The summed E-state index contributed by atoms with van der Waals surface area (Å²) in [6.45, 7) is 0. The Balaban J connectivity index is 1.79. The zero-order valence-electron chi connectivity index (χ0n) is 14.8. The highest BCUT2D eigenvalue weighted by Gasteiger charge is 2.16. The van der Waals surface area contributed by atoms with Crippen molar-refractivity contribution in [3.8, 4) is 32.0 Å². The quantitative estimate of drug-likeness (QED) is 0.306. The number of hydrogen-bond acceptors (Lipinski definition) is 1. The average molecular weight is 362 g/mol. The second-order valence-corrected chi connectivity index (χ2v) is 7.60. The van der Waals surface area contributed by atoms with Crippen LogP contribution in [0.15, 0.2) is 109 Å². The summed E-state index contributed by atoms with van der Waals surface area (Å²) in [5.74, 6) is 0. The molecule has 27 heavy (non-hydrogen) atoms. The van der Waals surface area contributed by atoms with E-state index in [2.05, 4.69) is 109 Å². The minimum Gasteiger partial charge on any atom is -0.134 e. The smallest absolute Gasteiger partial charge is 0.0434 e. The van der Waals surface area contributed by atoms with Gasteiger partial charge in [-0.05, 0) is 16.7 Å². The van der Waals surface area contributed by atoms with Gasteiger partial charge in [0.1, 0.15) is 0 Å². The molecule has 0 N–H and O–H groups in total. The van der Waals surface area contributed by atoms with Crippen LogP contribution >= 0.6 is 11.3 Å². The average Bonchev–Trinajstić information content (AvgIpc) is 3.15. The predicted octanol–water partition coefficient (Wildman–Crippen LogP) is 7.90. The van der Waals surface area contributed by atoms with Gasteiger partial charge in [-0.3, -0.25) is 0 Å². The van der Waals surface area contributed by atoms with E-state index in [0.717, 1.165) is 0 Å². The molecule has 0 aliphatic rings. The number of thiophene rings is 1. The molecule has 1 aromatic heterocycles. The molecule has 4 aromatic carbocycles. The van der Waals surface area contributed by atoms with Crippen LogP contribution in [0.1, 0.15) is 0 Å². The maximum atomic E-state index is 2.25. The van der Waals surface area contributed by atoms with Crippen LogP contribution in [0.25, 0.3) is 42.8 Å². The molecule has 0 amide bonds. The van der Waals surface area contributed by atoms with Crippen molar-refractivity contribution in [2.24, 2.45) is 0 Å². The van der Waals surface area contributed by atoms with Gasteiger partial charge in [-0.1, -0.05) is 109 Å². The van der Waals surface area contributed by atoms with Gasteiger partial charge in [0.25, 0.3) is 0 Å². The Morgan fingerprint density at radius 1 is 0.370 bits per heavy atom. The van der Waals surface area contributed by atoms with Gasteiger partial charge in [-0.15, -0.1) is 11.3 Å². The Kier molecular flexibility index (Phi) is 4.08. The molecule has 0 fully saturated rings. The second kappa shape index (κ2) is 6.86. The summed E-state index contributed by atoms with van der Waals surface area (Å²) in [5.41, 5.74) is 5.12. The normalized spacial score (nSPS) is 11.0. The van der Waals surface area contributed by atoms with E-state index in [0.29, 0.717) is 0 Å². The topological polar surface area (TPSA) is 0 Å². The van der Waals surface area contributed by atoms with Crippen LogP contribution in [0.5, 0.6) is 0 Å². The van der Waals surface area contributed by atoms with Gasteiger partial charge in [0.2, 0.25) is 0 Å². The predicted molar refractivity (Wildman–Crippen MR) is 118 cm³/mol. The van der Waals surface area contributed by atoms with E-state index < -0.39 is 0 Å². The Morgan fingerprint density at radius 2 is 0.852 bits per heavy atom. The molecule has 1 heterocycles. The molecule has 0 radical (unpaired) electrons. The van der Waals surface area contributed by atoms with Crippen LogP contribution < -0.4 is 0 Å². The van der Waals surface area contributed by atoms with Gasteiger partial charge in [0, 0.05) is 26.1 Å². The van der Waals surface area contributed by atoms with Gasteiger partial charge in [0.05, 0.1) is 0 Å². The third-order valence-corrected chi connectivity index (χ3v) is 6.22. The van der Waals surface area contributed by atoms with Crippen LogP contribution in [0.2, 0.25) is 0 Å². The monoisotopic (exact) mass is 362 g/mol. The summed E-state index contributed by atoms with van der Waals surface area (Å²) in [6, 6.07) is 38.8. The maximum Gasteiger partial charge on any atom is 0.0434 e. The minimum atomic E-state index is 1.26. The van der Waals surface area contributed by atoms with Crippen LogP contribution in [0, 0.1) is 0 Å². The molecule has 0 unspecified atom stereocenters. The Bertz CT molecular complexity index is 1200. The molecule has 0 aliphatic heterocycles. The third kappa shape index (κ3) is 2.87. The summed E-state index contributed by atoms with van der Waals surface area (Å²) < 4.78 is 0. The number of rotatable bonds is 3. The summed E-state index contributed by atoms with van der Waals surface area (Å²) in [6.07, 6.45) is 0. The van der Waals surface area contributed by atoms with Crippen molar-refractivity contribution in [2.45, 2.75) is 0 Å². The molecule has 0 aliphatic carbocycles. The van der Waals surface area contributed by atoms with Crippen LogP contribution in [-0.2, 0) is 0 Å². The van der Waals surface area contributed by atoms with E-state index in [-0.39, 0.29) is 0 Å². The molecule has 128 valence electrons. The van der Waals surface area contributed by atoms with Crippen molar-refractivity contribution >= 4 is 22.1 Å². The largest absolute Gasteiger partial charge is 0.134 e. The van der Waals surface area contributed by atoms with Crippen molar-refractivity contribution < 1.29 is 0 Å². The molecule has 5 aromatic rings. The maximum absolute atomic E-state index is 2.25. The fraction of sp³-hybridized carbons (Fsp3) is 0. The Morgan fingerprint density at radius 3 is 1.52 bits per heavy atom. The number of benzene rings is 4. The van der Waals surface area contributed by atoms with Crippen molar-refractivity contribution in [3.63, 3.8) is 0 Å². The molecule has 0 spiro atoms. The van der Waals surface area contributed by atoms with E-state index >= 15 is 0 Å². The lowest BCUT2D eigenvalue weighted by Gasteiger charge is -2.09. The second-order valence-electron chi connectivity index (χ2n) is 6.58. The van der Waals surface area contributed by atoms with E-state index in [1.165, 1.54) is 42.8 Å². The molecule has 5 rings (SSSR count). The van der Waals surface area contributed by atoms with E-state index in [1.807, 2.05) is 11.3 Å². The van der Waals surface area contributed by atoms with E-state index in [4.69, 9.17) is 0 Å². The lowest BCUT2D eigenvalue weighted by Crippen LogP contribution is -1.82. The van der Waals surface area contributed by atoms with Crippen molar-refractivity contribution in [3.05, 3.63) is 109 Å². The highest BCUT2D eigenvalue weighted by Crippen LogP contribution is 2.46. The molecule has 0 bridgehead atoms. The van der Waals surface area contributed by atoms with E-state index in [1.54, 1.807) is 0 Å². The first kappa shape index (κ1) is 16.0. The summed E-state index contributed by atoms with van der Waals surface area (Å²) in [7, 11) is 0. The van der Waals surface area contributed by atoms with Crippen molar-refractivity contribution in [1.82, 2.24) is 0 Å². The summed E-state index contributed by atoms with van der Waals surface area (Å²) in [4.78, 5) is 2.67. The van der Waals surface area contributed by atoms with Gasteiger partial charge < -0.3 is 0 Å². The SMILES string of the molecule is c1ccc(-c2ccccc2-c2sc(-c3ccccc3)c3ccccc23)cc1. The summed E-state index contributed by atoms with van der Waals surface area (Å²) >= 11 is 1.89. The zero-order valence-corrected chi connectivity index (χ0v) is 15.6. The van der Waals surface area contributed by atoms with Crippen molar-refractivity contribution in [2.75, 3.05) is 0 Å². The van der Waals surface area contributed by atoms with Gasteiger partial charge >= 0.3 is 0 Å². The standard InChI is InChI=1S/C26H18S/c1-3-11-19(12-4-1)21-15-7-8-16-22(21)26-24-18-10-9-17-23(24)25(27-26)20-13-5-2-6-14-20/h1-18H. The van der Waals surface area contributed by atoms with Gasteiger partial charge in [0.15, 0.2) is 0 Å². The molecule has 0 nitrogen and oxygen atoms in total. The minimum absolute atomic E-state index is 1.26. The highest BCUT2D eigenvalue weighted by atomic mass is 32.1. The number of fused-ring (bicyclic) bond motifs is 1. The first-order valence-corrected chi connectivity index (χ1v) is 9.95. The number of hydrogen-bond donors (Lipinski definition) is 0. The first-order valence-electron chi connectivity index (χ1n) is 9.13. The first-order chi connectivity index (χ1) is 13.4. The molecule has 0 saturated carbocycles. The zero-order chi connectivity index (χ0) is 18.1. The fourth-order valence-corrected chi connectivity index (χ4v) is 4.97. The third-order valence-electron chi connectivity index (χ3n) is 4.91. The highest BCUT2D eigenvalue weighted by molar-refractivity contribution is 7.21. The lowest BCUT2D eigenvalue weighted by molar-refractivity contribution is 1.62. The molecule has 1 heteroatoms.